The summed E-state index contributed by atoms with van der Waals surface area (Å²) in [6, 6.07) is 7.03. The Hall–Kier alpha value is -2.28. The molecular weight excluding hydrogens is 407 g/mol. The molecule has 0 heterocycles. The summed E-state index contributed by atoms with van der Waals surface area (Å²) in [6.07, 6.45) is 13.5. The lowest BCUT2D eigenvalue weighted by Crippen LogP contribution is -2.28. The molecule has 2 aromatic carbocycles. The van der Waals surface area contributed by atoms with Crippen molar-refractivity contribution in [2.45, 2.75) is 83.5 Å². The summed E-state index contributed by atoms with van der Waals surface area (Å²) in [5.74, 6) is -0.528. The largest absolute Gasteiger partial charge is 0.206 e. The van der Waals surface area contributed by atoms with Crippen molar-refractivity contribution < 1.29 is 13.2 Å². The number of rotatable bonds is 7. The van der Waals surface area contributed by atoms with Gasteiger partial charge in [0.05, 0.1) is 0 Å². The summed E-state index contributed by atoms with van der Waals surface area (Å²) < 4.78 is 43.3. The van der Waals surface area contributed by atoms with Gasteiger partial charge in [-0.3, -0.25) is 0 Å². The zero-order chi connectivity index (χ0) is 22.7. The molecule has 0 amide bonds. The van der Waals surface area contributed by atoms with Crippen molar-refractivity contribution in [2.24, 2.45) is 11.8 Å². The van der Waals surface area contributed by atoms with Gasteiger partial charge >= 0.3 is 0 Å². The highest BCUT2D eigenvalue weighted by molar-refractivity contribution is 5.67. The summed E-state index contributed by atoms with van der Waals surface area (Å²) in [6.45, 7) is 2.24. The number of halogens is 3. The fraction of sp³-hybridized carbons (Fsp3) is 0.536. The van der Waals surface area contributed by atoms with Crippen LogP contribution in [0.4, 0.5) is 13.2 Å². The molecule has 3 atom stereocenters. The second kappa shape index (κ2) is 10.1. The van der Waals surface area contributed by atoms with Crippen LogP contribution in [0.1, 0.15) is 93.7 Å². The Balaban J connectivity index is 1.49. The molecule has 0 spiro atoms. The number of nitriles is 1. The van der Waals surface area contributed by atoms with Crippen LogP contribution < -0.4 is 0 Å². The number of aryl methyl sites for hydroxylation is 1. The molecule has 4 heteroatoms. The second-order valence-corrected chi connectivity index (χ2v) is 9.74. The Morgan fingerprint density at radius 3 is 2.38 bits per heavy atom. The zero-order valence-electron chi connectivity index (χ0n) is 18.9. The third-order valence-electron chi connectivity index (χ3n) is 7.68. The average Bonchev–Trinajstić information content (AvgIpc) is 2.78. The van der Waals surface area contributed by atoms with E-state index in [1.165, 1.54) is 57.4 Å². The van der Waals surface area contributed by atoms with Crippen molar-refractivity contribution >= 4 is 0 Å². The van der Waals surface area contributed by atoms with Crippen LogP contribution in [0.5, 0.6) is 0 Å². The molecular formula is C28H32F3N. The van der Waals surface area contributed by atoms with E-state index in [1.807, 2.05) is 0 Å². The van der Waals surface area contributed by atoms with E-state index in [9.17, 15) is 8.78 Å². The number of hydrogen-bond donors (Lipinski definition) is 0. The quantitative estimate of drug-likeness (QED) is 0.397. The molecule has 2 aliphatic rings. The maximum Gasteiger partial charge on any atom is 0.144 e. The van der Waals surface area contributed by atoms with E-state index in [0.717, 1.165) is 48.4 Å². The fourth-order valence-electron chi connectivity index (χ4n) is 5.98. The maximum absolute atomic E-state index is 15.1. The van der Waals surface area contributed by atoms with Crippen LogP contribution in [0.3, 0.4) is 0 Å². The van der Waals surface area contributed by atoms with E-state index < -0.39 is 23.0 Å². The van der Waals surface area contributed by atoms with Crippen molar-refractivity contribution in [1.82, 2.24) is 0 Å². The molecule has 0 aromatic heterocycles. The second-order valence-electron chi connectivity index (χ2n) is 9.74. The van der Waals surface area contributed by atoms with Gasteiger partial charge in [0, 0.05) is 5.56 Å². The van der Waals surface area contributed by atoms with Crippen LogP contribution in [0.25, 0.3) is 11.1 Å². The van der Waals surface area contributed by atoms with Crippen LogP contribution in [0, 0.1) is 40.6 Å². The zero-order valence-corrected chi connectivity index (χ0v) is 18.9. The molecule has 0 unspecified atom stereocenters. The Bertz CT molecular complexity index is 983. The first-order valence-electron chi connectivity index (χ1n) is 12.2. The summed E-state index contributed by atoms with van der Waals surface area (Å²) >= 11 is 0. The molecule has 0 bridgehead atoms. The molecule has 2 aliphatic carbocycles. The van der Waals surface area contributed by atoms with Crippen LogP contribution in [-0.2, 0) is 6.42 Å². The number of benzene rings is 2. The normalized spacial score (nSPS) is 22.2. The molecule has 1 saturated carbocycles. The van der Waals surface area contributed by atoms with Gasteiger partial charge in [0.15, 0.2) is 0 Å². The first-order chi connectivity index (χ1) is 15.5. The molecule has 0 N–H and O–H groups in total. The minimum absolute atomic E-state index is 0.146. The summed E-state index contributed by atoms with van der Waals surface area (Å²) in [5.41, 5.74) is 1.93. The van der Waals surface area contributed by atoms with Crippen molar-refractivity contribution in [3.05, 3.63) is 58.4 Å². The van der Waals surface area contributed by atoms with E-state index in [0.29, 0.717) is 11.8 Å². The van der Waals surface area contributed by atoms with E-state index >= 15 is 4.39 Å². The molecule has 0 aliphatic heterocycles. The minimum atomic E-state index is -0.951. The monoisotopic (exact) mass is 439 g/mol. The Morgan fingerprint density at radius 1 is 0.906 bits per heavy atom. The molecule has 2 aromatic rings. The van der Waals surface area contributed by atoms with E-state index in [2.05, 4.69) is 6.92 Å². The predicted molar refractivity (Wildman–Crippen MR) is 122 cm³/mol. The van der Waals surface area contributed by atoms with Gasteiger partial charge in [-0.25, -0.2) is 13.2 Å². The summed E-state index contributed by atoms with van der Waals surface area (Å²) in [7, 11) is 0. The maximum atomic E-state index is 15.1. The van der Waals surface area contributed by atoms with Crippen LogP contribution in [-0.4, -0.2) is 0 Å². The van der Waals surface area contributed by atoms with Crippen molar-refractivity contribution in [3.63, 3.8) is 0 Å². The lowest BCUT2D eigenvalue weighted by atomic mass is 9.64. The molecule has 4 rings (SSSR count). The van der Waals surface area contributed by atoms with Gasteiger partial charge in [0.2, 0.25) is 0 Å². The molecule has 0 radical (unpaired) electrons. The van der Waals surface area contributed by atoms with E-state index in [4.69, 9.17) is 5.26 Å². The highest BCUT2D eigenvalue weighted by Gasteiger charge is 2.35. The number of fused-ring (bicyclic) bond motifs is 3. The smallest absolute Gasteiger partial charge is 0.144 e. The minimum Gasteiger partial charge on any atom is -0.206 e. The van der Waals surface area contributed by atoms with Gasteiger partial charge in [0.1, 0.15) is 29.1 Å². The molecule has 1 fully saturated rings. The topological polar surface area (TPSA) is 23.8 Å². The lowest BCUT2D eigenvalue weighted by molar-refractivity contribution is 0.198. The van der Waals surface area contributed by atoms with Crippen molar-refractivity contribution in [1.29, 1.82) is 5.26 Å². The van der Waals surface area contributed by atoms with Crippen molar-refractivity contribution in [3.8, 4) is 17.2 Å². The average molecular weight is 440 g/mol. The first kappa shape index (κ1) is 22.9. The number of nitrogens with zero attached hydrogens (tertiary/aromatic N) is 1. The third-order valence-corrected chi connectivity index (χ3v) is 7.68. The molecule has 32 heavy (non-hydrogen) atoms. The van der Waals surface area contributed by atoms with Gasteiger partial charge in [-0.1, -0.05) is 45.4 Å². The van der Waals surface area contributed by atoms with Gasteiger partial charge < -0.3 is 0 Å². The lowest BCUT2D eigenvalue weighted by Gasteiger charge is -2.41. The van der Waals surface area contributed by atoms with Crippen LogP contribution in [0.2, 0.25) is 0 Å². The summed E-state index contributed by atoms with van der Waals surface area (Å²) in [4.78, 5) is 0. The van der Waals surface area contributed by atoms with Crippen LogP contribution >= 0.6 is 0 Å². The predicted octanol–water partition coefficient (Wildman–Crippen LogP) is 8.45. The number of unbranched alkanes of at least 4 members (excludes halogenated alkanes) is 4. The Labute approximate surface area is 189 Å². The van der Waals surface area contributed by atoms with Gasteiger partial charge in [-0.2, -0.15) is 5.26 Å². The summed E-state index contributed by atoms with van der Waals surface area (Å²) in [5, 5.41) is 8.88. The third kappa shape index (κ3) is 4.72. The molecule has 1 nitrogen and oxygen atoms in total. The SMILES string of the molecule is CCCCCCC[C@@H]1CC[C@@H]2c3cc(F)c(-c4cc(F)c(C#N)c(F)c4)cc3CC[C@H]2C1. The van der Waals surface area contributed by atoms with E-state index in [-0.39, 0.29) is 11.1 Å². The fourth-order valence-corrected chi connectivity index (χ4v) is 5.98. The van der Waals surface area contributed by atoms with E-state index in [1.54, 1.807) is 12.1 Å². The Morgan fingerprint density at radius 2 is 1.66 bits per heavy atom. The Kier molecular flexibility index (Phi) is 7.23. The standard InChI is InChI=1S/C28H32F3N/c1-2-3-4-5-6-7-18-8-11-22-19(12-18)9-10-20-13-24(28(31)16-23(20)22)21-14-26(29)25(17-32)27(30)15-21/h13-16,18-19,22H,2-12H2,1H3/t18-,19+,22+/m1/s1. The molecule has 170 valence electrons. The van der Waals surface area contributed by atoms with Gasteiger partial charge in [-0.05, 0) is 90.8 Å². The highest BCUT2D eigenvalue weighted by atomic mass is 19.1. The van der Waals surface area contributed by atoms with Crippen molar-refractivity contribution in [2.75, 3.05) is 0 Å². The van der Waals surface area contributed by atoms with Crippen LogP contribution in [0.15, 0.2) is 24.3 Å². The highest BCUT2D eigenvalue weighted by Crippen LogP contribution is 2.49. The van der Waals surface area contributed by atoms with Gasteiger partial charge in [-0.15, -0.1) is 0 Å². The van der Waals surface area contributed by atoms with Gasteiger partial charge in [0.25, 0.3) is 0 Å². The first-order valence-corrected chi connectivity index (χ1v) is 12.2. The number of hydrogen-bond acceptors (Lipinski definition) is 1. The molecule has 0 saturated heterocycles.